The van der Waals surface area contributed by atoms with Crippen molar-refractivity contribution in [1.29, 1.82) is 0 Å². The van der Waals surface area contributed by atoms with Crippen LogP contribution >= 0.6 is 0 Å². The number of anilines is 1. The quantitative estimate of drug-likeness (QED) is 0.574. The van der Waals surface area contributed by atoms with Gasteiger partial charge < -0.3 is 24.3 Å². The van der Waals surface area contributed by atoms with Crippen LogP contribution in [-0.2, 0) is 21.2 Å². The second-order valence-corrected chi connectivity index (χ2v) is 9.21. The Hall–Kier alpha value is -3.14. The van der Waals surface area contributed by atoms with E-state index in [2.05, 4.69) is 5.32 Å². The summed E-state index contributed by atoms with van der Waals surface area (Å²) >= 11 is 0. The Balaban J connectivity index is 1.66. The first kappa shape index (κ1) is 23.5. The maximum Gasteiger partial charge on any atom is 0.240 e. The van der Waals surface area contributed by atoms with E-state index in [1.165, 1.54) is 6.92 Å². The van der Waals surface area contributed by atoms with Crippen LogP contribution in [-0.4, -0.2) is 60.6 Å². The molecule has 10 heteroatoms. The number of fused-ring (bicyclic) bond motifs is 1. The third-order valence-electron chi connectivity index (χ3n) is 4.99. The van der Waals surface area contributed by atoms with Crippen LogP contribution in [0.5, 0.6) is 23.0 Å². The van der Waals surface area contributed by atoms with Gasteiger partial charge in [-0.3, -0.25) is 9.10 Å². The molecule has 1 heterocycles. The van der Waals surface area contributed by atoms with Crippen molar-refractivity contribution in [3.05, 3.63) is 42.0 Å². The number of sulfonamides is 1. The van der Waals surface area contributed by atoms with Crippen molar-refractivity contribution >= 4 is 21.6 Å². The molecule has 0 saturated carbocycles. The summed E-state index contributed by atoms with van der Waals surface area (Å²) in [5.74, 6) is 1.69. The molecule has 32 heavy (non-hydrogen) atoms. The van der Waals surface area contributed by atoms with Gasteiger partial charge in [0, 0.05) is 12.6 Å². The summed E-state index contributed by atoms with van der Waals surface area (Å²) in [6, 6.07) is 10.4. The van der Waals surface area contributed by atoms with E-state index in [0.29, 0.717) is 54.9 Å². The molecule has 1 amide bonds. The first-order valence-corrected chi connectivity index (χ1v) is 11.9. The minimum absolute atomic E-state index is 0.139. The number of ether oxygens (including phenoxy) is 4. The molecule has 174 valence electrons. The van der Waals surface area contributed by atoms with Gasteiger partial charge in [0.2, 0.25) is 15.9 Å². The summed E-state index contributed by atoms with van der Waals surface area (Å²) < 4.78 is 48.0. The topological polar surface area (TPSA) is 103 Å². The average molecular weight is 465 g/mol. The van der Waals surface area contributed by atoms with Crippen molar-refractivity contribution in [3.8, 4) is 23.0 Å². The Bertz CT molecular complexity index is 1060. The van der Waals surface area contributed by atoms with Gasteiger partial charge in [0.15, 0.2) is 23.0 Å². The number of benzene rings is 2. The van der Waals surface area contributed by atoms with E-state index in [1.54, 1.807) is 38.5 Å². The molecule has 1 aliphatic rings. The van der Waals surface area contributed by atoms with Crippen LogP contribution in [0.3, 0.4) is 0 Å². The highest BCUT2D eigenvalue weighted by atomic mass is 32.2. The number of nitrogens with one attached hydrogen (secondary N) is 1. The SMILES string of the molecule is CCS(=O)(=O)N(CC(=O)NCCc1ccc(OC)c(OC)c1)c1ccc2c(c1)OCCO2. The van der Waals surface area contributed by atoms with Crippen molar-refractivity contribution in [3.63, 3.8) is 0 Å². The van der Waals surface area contributed by atoms with Gasteiger partial charge in [-0.05, 0) is 43.2 Å². The predicted molar refractivity (Wildman–Crippen MR) is 120 cm³/mol. The predicted octanol–water partition coefficient (Wildman–Crippen LogP) is 1.99. The van der Waals surface area contributed by atoms with Gasteiger partial charge in [0.25, 0.3) is 0 Å². The number of nitrogens with zero attached hydrogens (tertiary/aromatic N) is 1. The van der Waals surface area contributed by atoms with Crippen LogP contribution in [0.1, 0.15) is 12.5 Å². The van der Waals surface area contributed by atoms with Gasteiger partial charge in [0.1, 0.15) is 19.8 Å². The maximum absolute atomic E-state index is 12.7. The molecule has 0 atom stereocenters. The molecule has 3 rings (SSSR count). The highest BCUT2D eigenvalue weighted by Crippen LogP contribution is 2.34. The maximum atomic E-state index is 12.7. The van der Waals surface area contributed by atoms with Crippen molar-refractivity contribution < 1.29 is 32.2 Å². The minimum atomic E-state index is -3.68. The van der Waals surface area contributed by atoms with E-state index in [0.717, 1.165) is 9.87 Å². The van der Waals surface area contributed by atoms with Crippen molar-refractivity contribution in [2.24, 2.45) is 0 Å². The Kier molecular flexibility index (Phi) is 7.68. The molecule has 9 nitrogen and oxygen atoms in total. The lowest BCUT2D eigenvalue weighted by Gasteiger charge is -2.25. The summed E-state index contributed by atoms with van der Waals surface area (Å²) in [4.78, 5) is 12.6. The number of rotatable bonds is 10. The first-order valence-electron chi connectivity index (χ1n) is 10.3. The van der Waals surface area contributed by atoms with Crippen LogP contribution in [0.4, 0.5) is 5.69 Å². The molecule has 1 N–H and O–H groups in total. The third-order valence-corrected chi connectivity index (χ3v) is 6.73. The number of hydrogen-bond donors (Lipinski definition) is 1. The highest BCUT2D eigenvalue weighted by molar-refractivity contribution is 7.92. The standard InChI is InChI=1S/C22H28N2O7S/c1-4-32(26,27)24(17-6-8-19-21(14-17)31-12-11-30-19)15-22(25)23-10-9-16-5-7-18(28-2)20(13-16)29-3/h5-8,13-14H,4,9-12,15H2,1-3H3,(H,23,25). The van der Waals surface area contributed by atoms with Gasteiger partial charge in [-0.1, -0.05) is 6.07 Å². The third kappa shape index (κ3) is 5.56. The second-order valence-electron chi connectivity index (χ2n) is 7.02. The van der Waals surface area contributed by atoms with Crippen LogP contribution in [0.15, 0.2) is 36.4 Å². The van der Waals surface area contributed by atoms with Gasteiger partial charge >= 0.3 is 0 Å². The molecule has 0 spiro atoms. The lowest BCUT2D eigenvalue weighted by Crippen LogP contribution is -2.42. The number of amides is 1. The first-order chi connectivity index (χ1) is 15.4. The van der Waals surface area contributed by atoms with Gasteiger partial charge in [-0.25, -0.2) is 8.42 Å². The van der Waals surface area contributed by atoms with Gasteiger partial charge in [-0.15, -0.1) is 0 Å². The molecule has 1 aliphatic heterocycles. The number of methoxy groups -OCH3 is 2. The smallest absolute Gasteiger partial charge is 0.240 e. The Morgan fingerprint density at radius 2 is 1.75 bits per heavy atom. The van der Waals surface area contributed by atoms with Gasteiger partial charge in [-0.2, -0.15) is 0 Å². The Morgan fingerprint density at radius 3 is 2.44 bits per heavy atom. The molecular formula is C22H28N2O7S. The zero-order valence-electron chi connectivity index (χ0n) is 18.4. The summed E-state index contributed by atoms with van der Waals surface area (Å²) in [6.07, 6.45) is 0.552. The van der Waals surface area contributed by atoms with E-state index in [4.69, 9.17) is 18.9 Å². The van der Waals surface area contributed by atoms with Crippen LogP contribution < -0.4 is 28.6 Å². The van der Waals surface area contributed by atoms with E-state index >= 15 is 0 Å². The summed E-state index contributed by atoms with van der Waals surface area (Å²) in [7, 11) is -0.559. The van der Waals surface area contributed by atoms with Crippen LogP contribution in [0.2, 0.25) is 0 Å². The highest BCUT2D eigenvalue weighted by Gasteiger charge is 2.25. The lowest BCUT2D eigenvalue weighted by atomic mass is 10.1. The fourth-order valence-electron chi connectivity index (χ4n) is 3.26. The molecule has 0 unspecified atom stereocenters. The summed E-state index contributed by atoms with van der Waals surface area (Å²) in [5.41, 5.74) is 1.30. The second kappa shape index (κ2) is 10.4. The number of hydrogen-bond acceptors (Lipinski definition) is 7. The van der Waals surface area contributed by atoms with Crippen molar-refractivity contribution in [2.45, 2.75) is 13.3 Å². The van der Waals surface area contributed by atoms with E-state index in [-0.39, 0.29) is 12.3 Å². The van der Waals surface area contributed by atoms with Crippen molar-refractivity contribution in [2.75, 3.05) is 50.6 Å². The van der Waals surface area contributed by atoms with Crippen LogP contribution in [0.25, 0.3) is 0 Å². The van der Waals surface area contributed by atoms with E-state index < -0.39 is 15.9 Å². The molecule has 2 aromatic carbocycles. The Morgan fingerprint density at radius 1 is 1.03 bits per heavy atom. The molecule has 0 radical (unpaired) electrons. The fraction of sp³-hybridized carbons (Fsp3) is 0.409. The molecule has 0 aromatic heterocycles. The average Bonchev–Trinajstić information content (AvgIpc) is 2.82. The normalized spacial score (nSPS) is 12.7. The molecule has 0 bridgehead atoms. The van der Waals surface area contributed by atoms with Crippen molar-refractivity contribution in [1.82, 2.24) is 5.32 Å². The minimum Gasteiger partial charge on any atom is -0.493 e. The van der Waals surface area contributed by atoms with Gasteiger partial charge in [0.05, 0.1) is 25.7 Å². The molecule has 0 saturated heterocycles. The van der Waals surface area contributed by atoms with E-state index in [9.17, 15) is 13.2 Å². The number of carbonyl (C=O) groups is 1. The zero-order valence-corrected chi connectivity index (χ0v) is 19.2. The zero-order chi connectivity index (χ0) is 23.1. The molecular weight excluding hydrogens is 436 g/mol. The lowest BCUT2D eigenvalue weighted by molar-refractivity contribution is -0.119. The molecule has 2 aromatic rings. The largest absolute Gasteiger partial charge is 0.493 e. The number of carbonyl (C=O) groups excluding carboxylic acids is 1. The fourth-order valence-corrected chi connectivity index (χ4v) is 4.32. The summed E-state index contributed by atoms with van der Waals surface area (Å²) in [6.45, 7) is 2.37. The molecule has 0 aliphatic carbocycles. The Labute approximate surface area is 188 Å². The monoisotopic (exact) mass is 464 g/mol. The van der Waals surface area contributed by atoms with Crippen LogP contribution in [0, 0.1) is 0 Å². The summed E-state index contributed by atoms with van der Waals surface area (Å²) in [5, 5.41) is 2.78. The molecule has 0 fully saturated rings. The van der Waals surface area contributed by atoms with E-state index in [1.807, 2.05) is 12.1 Å².